The van der Waals surface area contributed by atoms with Gasteiger partial charge in [-0.3, -0.25) is 9.59 Å². The molecule has 4 rings (SSSR count). The largest absolute Gasteiger partial charge is 0.324 e. The van der Waals surface area contributed by atoms with Crippen LogP contribution in [0.15, 0.2) is 88.7 Å². The second-order valence-electron chi connectivity index (χ2n) is 7.15. The molecule has 0 aromatic heterocycles. The van der Waals surface area contributed by atoms with E-state index in [1.165, 1.54) is 29.2 Å². The smallest absolute Gasteiger partial charge is 0.267 e. The molecule has 6 heteroatoms. The highest BCUT2D eigenvalue weighted by Crippen LogP contribution is 2.47. The Balaban J connectivity index is 2.06. The Labute approximate surface area is 169 Å². The number of sulfone groups is 1. The first-order valence-electron chi connectivity index (χ1n) is 9.10. The summed E-state index contributed by atoms with van der Waals surface area (Å²) >= 11 is 0. The van der Waals surface area contributed by atoms with Crippen LogP contribution in [0.25, 0.3) is 5.57 Å². The third-order valence-electron chi connectivity index (χ3n) is 5.35. The number of nitrogens with zero attached hydrogens (tertiary/aromatic N) is 1. The molecule has 5 nitrogen and oxygen atoms in total. The fourth-order valence-corrected chi connectivity index (χ4v) is 5.40. The summed E-state index contributed by atoms with van der Waals surface area (Å²) in [6.45, 7) is 1.86. The Morgan fingerprint density at radius 2 is 1.45 bits per heavy atom. The van der Waals surface area contributed by atoms with Crippen molar-refractivity contribution in [2.45, 2.75) is 17.4 Å². The van der Waals surface area contributed by atoms with Crippen molar-refractivity contribution in [3.8, 4) is 0 Å². The first-order chi connectivity index (χ1) is 13.8. The maximum atomic E-state index is 13.6. The number of rotatable bonds is 3. The molecule has 2 aliphatic rings. The minimum atomic E-state index is -4.09. The van der Waals surface area contributed by atoms with E-state index >= 15 is 0 Å². The number of allylic oxidation sites excluding steroid dienone is 2. The zero-order chi connectivity index (χ0) is 20.8. The lowest BCUT2D eigenvalue weighted by Gasteiger charge is -2.34. The molecule has 1 amide bonds. The molecule has 1 aliphatic carbocycles. The van der Waals surface area contributed by atoms with E-state index in [0.29, 0.717) is 11.1 Å². The number of amides is 1. The Morgan fingerprint density at radius 1 is 0.862 bits per heavy atom. The molecule has 1 heterocycles. The van der Waals surface area contributed by atoms with Crippen LogP contribution in [0.1, 0.15) is 11.1 Å². The van der Waals surface area contributed by atoms with Crippen molar-refractivity contribution in [3.05, 3.63) is 94.9 Å². The summed E-state index contributed by atoms with van der Waals surface area (Å²) in [7, 11) is -2.54. The van der Waals surface area contributed by atoms with Crippen LogP contribution in [-0.4, -0.2) is 37.6 Å². The first kappa shape index (κ1) is 19.1. The molecule has 1 aliphatic heterocycles. The van der Waals surface area contributed by atoms with E-state index < -0.39 is 21.3 Å². The number of ketones is 1. The highest BCUT2D eigenvalue weighted by molar-refractivity contribution is 7.96. The highest BCUT2D eigenvalue weighted by Gasteiger charge is 2.52. The van der Waals surface area contributed by atoms with Gasteiger partial charge in [0.25, 0.3) is 5.91 Å². The van der Waals surface area contributed by atoms with Gasteiger partial charge >= 0.3 is 0 Å². The van der Waals surface area contributed by atoms with Crippen molar-refractivity contribution < 1.29 is 18.0 Å². The van der Waals surface area contributed by atoms with E-state index in [1.54, 1.807) is 55.6 Å². The predicted molar refractivity (Wildman–Crippen MR) is 111 cm³/mol. The molecule has 0 fully saturated rings. The molecule has 2 aromatic rings. The third kappa shape index (κ3) is 2.87. The molecule has 0 unspecified atom stereocenters. The molecule has 0 bridgehead atoms. The van der Waals surface area contributed by atoms with Gasteiger partial charge in [-0.15, -0.1) is 0 Å². The summed E-state index contributed by atoms with van der Waals surface area (Å²) in [5.74, 6) is -0.813. The van der Waals surface area contributed by atoms with E-state index in [0.717, 1.165) is 5.56 Å². The van der Waals surface area contributed by atoms with Crippen LogP contribution in [0, 0.1) is 6.92 Å². The zero-order valence-corrected chi connectivity index (χ0v) is 16.8. The molecular formula is C23H19NO4S. The zero-order valence-electron chi connectivity index (χ0n) is 16.0. The standard InChI is InChI=1S/C23H19NO4S/c1-16-8-10-19(11-9-16)29(27,28)21-20(17-6-4-3-5-7-17)23(24(2)22(21)26)14-12-18(25)13-15-23/h3-15H,1-2H3. The maximum Gasteiger partial charge on any atom is 0.267 e. The first-order valence-corrected chi connectivity index (χ1v) is 10.6. The summed E-state index contributed by atoms with van der Waals surface area (Å²) in [6, 6.07) is 15.4. The Kier molecular flexibility index (Phi) is 4.39. The predicted octanol–water partition coefficient (Wildman–Crippen LogP) is 3.09. The Hall–Kier alpha value is -3.25. The molecule has 0 N–H and O–H groups in total. The van der Waals surface area contributed by atoms with Gasteiger partial charge in [-0.2, -0.15) is 0 Å². The topological polar surface area (TPSA) is 71.5 Å². The van der Waals surface area contributed by atoms with Crippen LogP contribution in [0.2, 0.25) is 0 Å². The average Bonchev–Trinajstić information content (AvgIpc) is 2.94. The van der Waals surface area contributed by atoms with Gasteiger partial charge < -0.3 is 4.90 Å². The molecule has 0 saturated carbocycles. The average molecular weight is 405 g/mol. The van der Waals surface area contributed by atoms with Crippen LogP contribution < -0.4 is 0 Å². The Bertz CT molecular complexity index is 1190. The SMILES string of the molecule is Cc1ccc(S(=O)(=O)C2=C(c3ccccc3)C3(C=CC(=O)C=C3)N(C)C2=O)cc1. The quantitative estimate of drug-likeness (QED) is 0.787. The van der Waals surface area contributed by atoms with Crippen LogP contribution in [0.3, 0.4) is 0 Å². The number of hydrogen-bond donors (Lipinski definition) is 0. The van der Waals surface area contributed by atoms with Crippen LogP contribution in [0.4, 0.5) is 0 Å². The number of likely N-dealkylation sites (N-methyl/N-ethyl adjacent to an activating group) is 1. The molecule has 0 saturated heterocycles. The maximum absolute atomic E-state index is 13.6. The minimum absolute atomic E-state index is 0.0603. The van der Waals surface area contributed by atoms with E-state index in [2.05, 4.69) is 0 Å². The van der Waals surface area contributed by atoms with Gasteiger partial charge in [-0.05, 0) is 48.9 Å². The molecule has 146 valence electrons. The van der Waals surface area contributed by atoms with Crippen LogP contribution in [0.5, 0.6) is 0 Å². The number of carbonyl (C=O) groups is 2. The molecule has 2 aromatic carbocycles. The molecule has 0 atom stereocenters. The highest BCUT2D eigenvalue weighted by atomic mass is 32.2. The molecule has 0 radical (unpaired) electrons. The van der Waals surface area contributed by atoms with E-state index in [1.807, 2.05) is 13.0 Å². The monoisotopic (exact) mass is 405 g/mol. The summed E-state index contributed by atoms with van der Waals surface area (Å²) in [4.78, 5) is 26.2. The second-order valence-corrected chi connectivity index (χ2v) is 9.03. The van der Waals surface area contributed by atoms with Gasteiger partial charge in [-0.25, -0.2) is 8.42 Å². The summed E-state index contributed by atoms with van der Waals surface area (Å²) in [6.07, 6.45) is 5.92. The fourth-order valence-electron chi connectivity index (χ4n) is 3.75. The lowest BCUT2D eigenvalue weighted by molar-refractivity contribution is -0.125. The number of hydrogen-bond acceptors (Lipinski definition) is 4. The second kappa shape index (κ2) is 6.67. The Morgan fingerprint density at radius 3 is 2.03 bits per heavy atom. The van der Waals surface area contributed by atoms with Crippen molar-refractivity contribution in [2.75, 3.05) is 7.05 Å². The van der Waals surface area contributed by atoms with E-state index in [4.69, 9.17) is 0 Å². The number of benzene rings is 2. The third-order valence-corrected chi connectivity index (χ3v) is 7.16. The fraction of sp³-hybridized carbons (Fsp3) is 0.130. The van der Waals surface area contributed by atoms with Gasteiger partial charge in [0.2, 0.25) is 9.84 Å². The lowest BCUT2D eigenvalue weighted by Crippen LogP contribution is -2.43. The van der Waals surface area contributed by atoms with Gasteiger partial charge in [-0.1, -0.05) is 48.0 Å². The van der Waals surface area contributed by atoms with Gasteiger partial charge in [0.1, 0.15) is 10.4 Å². The minimum Gasteiger partial charge on any atom is -0.324 e. The van der Waals surface area contributed by atoms with Crippen molar-refractivity contribution in [1.82, 2.24) is 4.90 Å². The van der Waals surface area contributed by atoms with Crippen molar-refractivity contribution in [1.29, 1.82) is 0 Å². The van der Waals surface area contributed by atoms with Gasteiger partial charge in [0.05, 0.1) is 4.90 Å². The lowest BCUT2D eigenvalue weighted by atomic mass is 9.83. The number of carbonyl (C=O) groups excluding carboxylic acids is 2. The van der Waals surface area contributed by atoms with Crippen molar-refractivity contribution in [3.63, 3.8) is 0 Å². The van der Waals surface area contributed by atoms with Crippen LogP contribution in [-0.2, 0) is 19.4 Å². The van der Waals surface area contributed by atoms with E-state index in [-0.39, 0.29) is 15.6 Å². The summed E-state index contributed by atoms with van der Waals surface area (Å²) in [5.41, 5.74) is 0.745. The van der Waals surface area contributed by atoms with Crippen molar-refractivity contribution >= 4 is 27.1 Å². The van der Waals surface area contributed by atoms with Crippen LogP contribution >= 0.6 is 0 Å². The molecule has 1 spiro atoms. The normalized spacial score (nSPS) is 18.2. The molecular weight excluding hydrogens is 386 g/mol. The van der Waals surface area contributed by atoms with Crippen molar-refractivity contribution in [2.24, 2.45) is 0 Å². The summed E-state index contributed by atoms with van der Waals surface area (Å²) < 4.78 is 27.1. The number of aryl methyl sites for hydroxylation is 1. The van der Waals surface area contributed by atoms with E-state index in [9.17, 15) is 18.0 Å². The van der Waals surface area contributed by atoms with Gasteiger partial charge in [0, 0.05) is 12.6 Å². The van der Waals surface area contributed by atoms with Gasteiger partial charge in [0.15, 0.2) is 5.78 Å². The molecule has 29 heavy (non-hydrogen) atoms. The summed E-state index contributed by atoms with van der Waals surface area (Å²) in [5, 5.41) is 0.